The lowest BCUT2D eigenvalue weighted by Crippen LogP contribution is -2.13. The summed E-state index contributed by atoms with van der Waals surface area (Å²) >= 11 is 2.43. The Morgan fingerprint density at radius 1 is 1.57 bits per heavy atom. The Morgan fingerprint density at radius 2 is 2.00 bits per heavy atom. The van der Waals surface area contributed by atoms with Crippen LogP contribution in [0.1, 0.15) is 12.8 Å². The molecule has 0 unspecified atom stereocenters. The lowest BCUT2D eigenvalue weighted by molar-refractivity contribution is 0.936. The minimum atomic E-state index is 0. The van der Waals surface area contributed by atoms with Crippen molar-refractivity contribution in [1.82, 2.24) is 0 Å². The van der Waals surface area contributed by atoms with E-state index in [2.05, 4.69) is 22.6 Å². The van der Waals surface area contributed by atoms with Crippen molar-refractivity contribution in [2.24, 2.45) is 5.73 Å². The van der Waals surface area contributed by atoms with Crippen molar-refractivity contribution in [3.05, 3.63) is 0 Å². The molecular weight excluding hydrogens is 224 g/mol. The monoisotopic (exact) mass is 233 g/mol. The fourth-order valence-electron chi connectivity index (χ4n) is 0.340. The molecule has 1 fully saturated rings. The molecule has 7 heavy (non-hydrogen) atoms. The lowest BCUT2D eigenvalue weighted by atomic mass is 10.4. The van der Waals surface area contributed by atoms with E-state index in [9.17, 15) is 0 Å². The predicted octanol–water partition coefficient (Wildman–Crippen LogP) is 1.33. The van der Waals surface area contributed by atoms with E-state index >= 15 is 0 Å². The topological polar surface area (TPSA) is 26.0 Å². The maximum absolute atomic E-state index is 5.36. The number of rotatable bonds is 1. The van der Waals surface area contributed by atoms with Crippen molar-refractivity contribution in [2.45, 2.75) is 16.3 Å². The maximum Gasteiger partial charge on any atom is 0.0345 e. The van der Waals surface area contributed by atoms with Crippen LogP contribution in [0.4, 0.5) is 0 Å². The van der Waals surface area contributed by atoms with Crippen LogP contribution in [0.25, 0.3) is 0 Å². The highest BCUT2D eigenvalue weighted by atomic mass is 127. The molecule has 0 bridgehead atoms. The second-order valence-electron chi connectivity index (χ2n) is 1.86. The van der Waals surface area contributed by atoms with E-state index in [1.165, 1.54) is 12.8 Å². The molecule has 0 aromatic carbocycles. The maximum atomic E-state index is 5.36. The molecule has 0 aromatic rings. The zero-order chi connectivity index (χ0) is 4.62. The summed E-state index contributed by atoms with van der Waals surface area (Å²) in [7, 11) is 0. The van der Waals surface area contributed by atoms with Crippen molar-refractivity contribution in [2.75, 3.05) is 6.54 Å². The molecule has 3 heteroatoms. The molecule has 0 amide bonds. The fourth-order valence-corrected chi connectivity index (χ4v) is 0.609. The van der Waals surface area contributed by atoms with Gasteiger partial charge in [0.15, 0.2) is 0 Å². The van der Waals surface area contributed by atoms with E-state index < -0.39 is 0 Å². The van der Waals surface area contributed by atoms with E-state index in [4.69, 9.17) is 5.73 Å². The van der Waals surface area contributed by atoms with E-state index in [-0.39, 0.29) is 12.4 Å². The zero-order valence-corrected chi connectivity index (χ0v) is 6.96. The predicted molar refractivity (Wildman–Crippen MR) is 42.3 cm³/mol. The number of nitrogens with two attached hydrogens (primary N) is 1. The van der Waals surface area contributed by atoms with Crippen molar-refractivity contribution >= 4 is 35.0 Å². The Morgan fingerprint density at radius 3 is 2.00 bits per heavy atom. The first-order chi connectivity index (χ1) is 2.77. The van der Waals surface area contributed by atoms with Gasteiger partial charge in [0.05, 0.1) is 0 Å². The lowest BCUT2D eigenvalue weighted by Gasteiger charge is -1.94. The van der Waals surface area contributed by atoms with Crippen molar-refractivity contribution in [1.29, 1.82) is 0 Å². The summed E-state index contributed by atoms with van der Waals surface area (Å²) in [5.74, 6) is 0. The standard InChI is InChI=1S/C4H8IN.ClH/c5-4(3-6)1-2-4;/h1-3,6H2;1H. The van der Waals surface area contributed by atoms with Gasteiger partial charge in [0, 0.05) is 9.97 Å². The average molecular weight is 233 g/mol. The second kappa shape index (κ2) is 2.51. The Bertz CT molecular complexity index is 62.7. The molecule has 0 aromatic heterocycles. The SMILES string of the molecule is Cl.NCC1(I)CC1. The molecule has 1 nitrogen and oxygen atoms in total. The highest BCUT2D eigenvalue weighted by Crippen LogP contribution is 2.43. The first-order valence-corrected chi connectivity index (χ1v) is 3.24. The molecule has 0 saturated heterocycles. The van der Waals surface area contributed by atoms with Gasteiger partial charge < -0.3 is 5.73 Å². The Kier molecular flexibility index (Phi) is 2.86. The van der Waals surface area contributed by atoms with Gasteiger partial charge in [-0.1, -0.05) is 22.6 Å². The molecule has 1 aliphatic rings. The van der Waals surface area contributed by atoms with Gasteiger partial charge in [0.1, 0.15) is 0 Å². The van der Waals surface area contributed by atoms with E-state index in [0.29, 0.717) is 3.42 Å². The largest absolute Gasteiger partial charge is 0.329 e. The number of halogens is 2. The minimum absolute atomic E-state index is 0. The van der Waals surface area contributed by atoms with Crippen LogP contribution < -0.4 is 5.73 Å². The van der Waals surface area contributed by atoms with Crippen LogP contribution in [0.3, 0.4) is 0 Å². The molecule has 0 spiro atoms. The summed E-state index contributed by atoms with van der Waals surface area (Å²) in [6.07, 6.45) is 2.67. The second-order valence-corrected chi connectivity index (χ2v) is 4.14. The van der Waals surface area contributed by atoms with Gasteiger partial charge in [-0.3, -0.25) is 0 Å². The minimum Gasteiger partial charge on any atom is -0.329 e. The highest BCUT2D eigenvalue weighted by molar-refractivity contribution is 14.1. The summed E-state index contributed by atoms with van der Waals surface area (Å²) in [6, 6.07) is 0. The Labute approximate surface area is 63.6 Å². The fraction of sp³-hybridized carbons (Fsp3) is 1.00. The molecular formula is C4H9ClIN. The molecule has 1 aliphatic carbocycles. The van der Waals surface area contributed by atoms with Crippen LogP contribution in [0.2, 0.25) is 0 Å². The number of alkyl halides is 1. The normalized spacial score (nSPS) is 23.1. The van der Waals surface area contributed by atoms with Crippen LogP contribution in [-0.4, -0.2) is 9.97 Å². The van der Waals surface area contributed by atoms with Gasteiger partial charge in [-0.05, 0) is 12.8 Å². The third-order valence-corrected chi connectivity index (χ3v) is 2.68. The molecule has 0 heterocycles. The van der Waals surface area contributed by atoms with Crippen molar-refractivity contribution < 1.29 is 0 Å². The number of hydrogen-bond donors (Lipinski definition) is 1. The van der Waals surface area contributed by atoms with Crippen LogP contribution in [0.15, 0.2) is 0 Å². The van der Waals surface area contributed by atoms with Crippen LogP contribution >= 0.6 is 35.0 Å². The van der Waals surface area contributed by atoms with Crippen molar-refractivity contribution in [3.63, 3.8) is 0 Å². The third kappa shape index (κ3) is 2.15. The molecule has 1 saturated carbocycles. The summed E-state index contributed by atoms with van der Waals surface area (Å²) < 4.78 is 0.539. The van der Waals surface area contributed by atoms with Gasteiger partial charge in [-0.2, -0.15) is 0 Å². The van der Waals surface area contributed by atoms with E-state index in [0.717, 1.165) is 6.54 Å². The molecule has 0 atom stereocenters. The first kappa shape index (κ1) is 7.98. The van der Waals surface area contributed by atoms with Gasteiger partial charge in [-0.15, -0.1) is 12.4 Å². The van der Waals surface area contributed by atoms with E-state index in [1.807, 2.05) is 0 Å². The van der Waals surface area contributed by atoms with E-state index in [1.54, 1.807) is 0 Å². The summed E-state index contributed by atoms with van der Waals surface area (Å²) in [6.45, 7) is 0.869. The van der Waals surface area contributed by atoms with Crippen molar-refractivity contribution in [3.8, 4) is 0 Å². The highest BCUT2D eigenvalue weighted by Gasteiger charge is 2.37. The quantitative estimate of drug-likeness (QED) is 0.537. The molecule has 1 rings (SSSR count). The van der Waals surface area contributed by atoms with Crippen LogP contribution in [0, 0.1) is 0 Å². The summed E-state index contributed by atoms with van der Waals surface area (Å²) in [5.41, 5.74) is 5.36. The van der Waals surface area contributed by atoms with Crippen LogP contribution in [-0.2, 0) is 0 Å². The van der Waals surface area contributed by atoms with Gasteiger partial charge in [0.25, 0.3) is 0 Å². The Balaban J connectivity index is 0.000000360. The molecule has 2 N–H and O–H groups in total. The third-order valence-electron chi connectivity index (χ3n) is 1.16. The Hall–Kier alpha value is 0.980. The first-order valence-electron chi connectivity index (χ1n) is 2.16. The number of hydrogen-bond acceptors (Lipinski definition) is 1. The van der Waals surface area contributed by atoms with Gasteiger partial charge in [0.2, 0.25) is 0 Å². The smallest absolute Gasteiger partial charge is 0.0345 e. The summed E-state index contributed by atoms with van der Waals surface area (Å²) in [5, 5.41) is 0. The van der Waals surface area contributed by atoms with Gasteiger partial charge in [-0.25, -0.2) is 0 Å². The average Bonchev–Trinajstić information content (AvgIpc) is 2.22. The van der Waals surface area contributed by atoms with Crippen LogP contribution in [0.5, 0.6) is 0 Å². The zero-order valence-electron chi connectivity index (χ0n) is 3.98. The molecule has 44 valence electrons. The molecule has 0 aliphatic heterocycles. The van der Waals surface area contributed by atoms with Gasteiger partial charge >= 0.3 is 0 Å². The molecule has 0 radical (unpaired) electrons. The summed E-state index contributed by atoms with van der Waals surface area (Å²) in [4.78, 5) is 0.